The Morgan fingerprint density at radius 3 is 1.75 bits per heavy atom. The summed E-state index contributed by atoms with van der Waals surface area (Å²) in [6.45, 7) is -0.989. The fourth-order valence-electron chi connectivity index (χ4n) is 2.64. The second-order valence-electron chi connectivity index (χ2n) is 5.78. The normalized spacial score (nSPS) is 50.0. The van der Waals surface area contributed by atoms with E-state index in [4.69, 9.17) is 24.1 Å². The summed E-state index contributed by atoms with van der Waals surface area (Å²) in [5, 5.41) is 67.6. The van der Waals surface area contributed by atoms with Crippen molar-refractivity contribution < 1.29 is 54.7 Å². The fraction of sp³-hybridized carbons (Fsp3) is 1.00. The molecule has 2 fully saturated rings. The number of methoxy groups -OCH3 is 1. The molecule has 2 aliphatic heterocycles. The van der Waals surface area contributed by atoms with Gasteiger partial charge in [-0.15, -0.1) is 0 Å². The first-order valence-electron chi connectivity index (χ1n) is 7.46. The van der Waals surface area contributed by atoms with Crippen molar-refractivity contribution in [1.29, 1.82) is 0 Å². The van der Waals surface area contributed by atoms with Crippen molar-refractivity contribution in [1.82, 2.24) is 0 Å². The average molecular weight is 356 g/mol. The molecule has 0 aromatic heterocycles. The van der Waals surface area contributed by atoms with Gasteiger partial charge in [0.05, 0.1) is 13.2 Å². The molecular weight excluding hydrogens is 332 g/mol. The molecule has 0 aromatic carbocycles. The van der Waals surface area contributed by atoms with Gasteiger partial charge in [-0.3, -0.25) is 0 Å². The lowest BCUT2D eigenvalue weighted by Gasteiger charge is -2.42. The van der Waals surface area contributed by atoms with Gasteiger partial charge >= 0.3 is 0 Å². The minimum Gasteiger partial charge on any atom is -0.394 e. The molecule has 0 bridgehead atoms. The van der Waals surface area contributed by atoms with Gasteiger partial charge in [-0.1, -0.05) is 0 Å². The molecule has 11 nitrogen and oxygen atoms in total. The molecule has 10 atom stereocenters. The summed E-state index contributed by atoms with van der Waals surface area (Å²) >= 11 is 0. The van der Waals surface area contributed by atoms with E-state index in [0.717, 1.165) is 0 Å². The van der Waals surface area contributed by atoms with E-state index in [-0.39, 0.29) is 6.61 Å². The Labute approximate surface area is 137 Å². The second-order valence-corrected chi connectivity index (χ2v) is 5.78. The van der Waals surface area contributed by atoms with Crippen LogP contribution in [-0.2, 0) is 18.9 Å². The summed E-state index contributed by atoms with van der Waals surface area (Å²) in [4.78, 5) is 0. The van der Waals surface area contributed by atoms with Crippen LogP contribution in [0.4, 0.5) is 0 Å². The summed E-state index contributed by atoms with van der Waals surface area (Å²) in [6.07, 6.45) is -14.0. The minimum atomic E-state index is -1.60. The molecule has 7 N–H and O–H groups in total. The molecule has 0 aromatic rings. The SMILES string of the molecule is CO[C@@H]1O[C@H](CO[C@@H]2O[C@H](CO)[C@@H](O)[C@H](O)[C@H]2O)[C@@H](O)[C@H](O)[C@H]1O. The molecule has 0 amide bonds. The van der Waals surface area contributed by atoms with Gasteiger partial charge < -0.3 is 54.7 Å². The predicted octanol–water partition coefficient (Wildman–Crippen LogP) is -4.74. The van der Waals surface area contributed by atoms with Crippen molar-refractivity contribution >= 4 is 0 Å². The van der Waals surface area contributed by atoms with E-state index in [2.05, 4.69) is 0 Å². The van der Waals surface area contributed by atoms with Crippen LogP contribution in [0.15, 0.2) is 0 Å². The monoisotopic (exact) mass is 356 g/mol. The van der Waals surface area contributed by atoms with Crippen LogP contribution < -0.4 is 0 Å². The van der Waals surface area contributed by atoms with Gasteiger partial charge in [0.15, 0.2) is 12.6 Å². The first kappa shape index (κ1) is 19.9. The zero-order valence-corrected chi connectivity index (χ0v) is 13.0. The zero-order valence-electron chi connectivity index (χ0n) is 13.0. The van der Waals surface area contributed by atoms with Crippen molar-refractivity contribution in [2.75, 3.05) is 20.3 Å². The first-order valence-corrected chi connectivity index (χ1v) is 7.46. The Morgan fingerprint density at radius 1 is 0.708 bits per heavy atom. The standard InChI is InChI=1S/C13H24O11/c1-21-12-10(19)9(18)7(16)5(24-12)3-22-13-11(20)8(17)6(15)4(2-14)23-13/h4-20H,2-3H2,1H3/t4-,5-,6-,7-,8+,9+,10-,11-,12-,13-/m1/s1. The molecule has 2 aliphatic rings. The molecule has 2 saturated heterocycles. The van der Waals surface area contributed by atoms with Gasteiger partial charge in [0.25, 0.3) is 0 Å². The number of rotatable bonds is 5. The van der Waals surface area contributed by atoms with Crippen molar-refractivity contribution in [2.24, 2.45) is 0 Å². The van der Waals surface area contributed by atoms with E-state index in [1.165, 1.54) is 7.11 Å². The van der Waals surface area contributed by atoms with Crippen molar-refractivity contribution in [2.45, 2.75) is 61.4 Å². The van der Waals surface area contributed by atoms with E-state index in [1.807, 2.05) is 0 Å². The quantitative estimate of drug-likeness (QED) is 0.251. The molecule has 24 heavy (non-hydrogen) atoms. The highest BCUT2D eigenvalue weighted by atomic mass is 16.7. The molecular formula is C13H24O11. The molecule has 0 unspecified atom stereocenters. The Balaban J connectivity index is 1.96. The van der Waals surface area contributed by atoms with Crippen LogP contribution >= 0.6 is 0 Å². The van der Waals surface area contributed by atoms with E-state index in [9.17, 15) is 30.6 Å². The van der Waals surface area contributed by atoms with Crippen LogP contribution in [0.5, 0.6) is 0 Å². The maximum absolute atomic E-state index is 9.91. The van der Waals surface area contributed by atoms with Gasteiger partial charge in [-0.05, 0) is 0 Å². The van der Waals surface area contributed by atoms with Gasteiger partial charge in [0, 0.05) is 7.11 Å². The van der Waals surface area contributed by atoms with Crippen LogP contribution in [0, 0.1) is 0 Å². The lowest BCUT2D eigenvalue weighted by molar-refractivity contribution is -0.328. The van der Waals surface area contributed by atoms with Crippen LogP contribution in [-0.4, -0.2) is 117 Å². The third-order valence-electron chi connectivity index (χ3n) is 4.17. The van der Waals surface area contributed by atoms with Crippen molar-refractivity contribution in [3.63, 3.8) is 0 Å². The van der Waals surface area contributed by atoms with Crippen LogP contribution in [0.2, 0.25) is 0 Å². The zero-order chi connectivity index (χ0) is 18.0. The highest BCUT2D eigenvalue weighted by Crippen LogP contribution is 2.25. The smallest absolute Gasteiger partial charge is 0.186 e. The molecule has 0 radical (unpaired) electrons. The summed E-state index contributed by atoms with van der Waals surface area (Å²) < 4.78 is 20.5. The fourth-order valence-corrected chi connectivity index (χ4v) is 2.64. The maximum atomic E-state index is 9.91. The number of ether oxygens (including phenoxy) is 4. The summed E-state index contributed by atoms with van der Waals surface area (Å²) in [5.41, 5.74) is 0. The Hall–Kier alpha value is -0.440. The lowest BCUT2D eigenvalue weighted by Crippen LogP contribution is -2.61. The summed E-state index contributed by atoms with van der Waals surface area (Å²) in [7, 11) is 1.24. The van der Waals surface area contributed by atoms with Crippen molar-refractivity contribution in [3.8, 4) is 0 Å². The third kappa shape index (κ3) is 3.86. The van der Waals surface area contributed by atoms with E-state index in [1.54, 1.807) is 0 Å². The van der Waals surface area contributed by atoms with Gasteiger partial charge in [0.1, 0.15) is 48.8 Å². The van der Waals surface area contributed by atoms with Gasteiger partial charge in [0.2, 0.25) is 0 Å². The number of aliphatic hydroxyl groups is 7. The van der Waals surface area contributed by atoms with Crippen LogP contribution in [0.25, 0.3) is 0 Å². The van der Waals surface area contributed by atoms with E-state index >= 15 is 0 Å². The van der Waals surface area contributed by atoms with Crippen LogP contribution in [0.3, 0.4) is 0 Å². The molecule has 11 heteroatoms. The first-order chi connectivity index (χ1) is 11.3. The minimum absolute atomic E-state index is 0.381. The summed E-state index contributed by atoms with van der Waals surface area (Å²) in [6, 6.07) is 0. The number of aliphatic hydroxyl groups excluding tert-OH is 7. The lowest BCUT2D eigenvalue weighted by atomic mass is 9.98. The largest absolute Gasteiger partial charge is 0.394 e. The van der Waals surface area contributed by atoms with Gasteiger partial charge in [-0.2, -0.15) is 0 Å². The highest BCUT2D eigenvalue weighted by molar-refractivity contribution is 4.91. The summed E-state index contributed by atoms with van der Waals surface area (Å²) in [5.74, 6) is 0. The van der Waals surface area contributed by atoms with E-state index < -0.39 is 68.0 Å². The van der Waals surface area contributed by atoms with Crippen LogP contribution in [0.1, 0.15) is 0 Å². The molecule has 2 rings (SSSR count). The molecule has 0 saturated carbocycles. The Kier molecular flexibility index (Phi) is 6.87. The van der Waals surface area contributed by atoms with E-state index in [0.29, 0.717) is 0 Å². The number of hydrogen-bond acceptors (Lipinski definition) is 11. The average Bonchev–Trinajstić information content (AvgIpc) is 2.58. The molecule has 0 spiro atoms. The highest BCUT2D eigenvalue weighted by Gasteiger charge is 2.47. The van der Waals surface area contributed by atoms with Crippen molar-refractivity contribution in [3.05, 3.63) is 0 Å². The second kappa shape index (κ2) is 8.29. The molecule has 0 aliphatic carbocycles. The Morgan fingerprint density at radius 2 is 1.21 bits per heavy atom. The Bertz CT molecular complexity index is 356. The number of hydrogen-bond donors (Lipinski definition) is 7. The van der Waals surface area contributed by atoms with Gasteiger partial charge in [-0.25, -0.2) is 0 Å². The predicted molar refractivity (Wildman–Crippen MR) is 73.4 cm³/mol. The topological polar surface area (TPSA) is 179 Å². The molecule has 2 heterocycles. The third-order valence-corrected chi connectivity index (χ3v) is 4.17. The molecule has 142 valence electrons. The maximum Gasteiger partial charge on any atom is 0.186 e.